The lowest BCUT2D eigenvalue weighted by molar-refractivity contribution is 1.12. The van der Waals surface area contributed by atoms with Gasteiger partial charge in [0.05, 0.1) is 0 Å². The molecule has 1 aromatic heterocycles. The minimum absolute atomic E-state index is 0.640. The van der Waals surface area contributed by atoms with Gasteiger partial charge in [-0.1, -0.05) is 12.2 Å². The Morgan fingerprint density at radius 1 is 1.78 bits per heavy atom. The highest BCUT2D eigenvalue weighted by molar-refractivity contribution is 7.79. The van der Waals surface area contributed by atoms with Crippen LogP contribution in [-0.4, -0.2) is 14.7 Å². The molecule has 0 aromatic carbocycles. The van der Waals surface area contributed by atoms with Crippen LogP contribution in [0.5, 0.6) is 0 Å². The van der Waals surface area contributed by atoms with Crippen LogP contribution < -0.4 is 0 Å². The Balaban J connectivity index is 2.72. The van der Waals surface area contributed by atoms with E-state index < -0.39 is 0 Å². The Labute approximate surface area is 63.1 Å². The van der Waals surface area contributed by atoms with Gasteiger partial charge in [0, 0.05) is 11.8 Å². The van der Waals surface area contributed by atoms with E-state index in [0.717, 1.165) is 10.8 Å². The van der Waals surface area contributed by atoms with Gasteiger partial charge in [-0.3, -0.25) is 0 Å². The zero-order chi connectivity index (χ0) is 6.69. The fourth-order valence-corrected chi connectivity index (χ4v) is 1.29. The highest BCUT2D eigenvalue weighted by Crippen LogP contribution is 2.02. The van der Waals surface area contributed by atoms with Gasteiger partial charge in [0.25, 0.3) is 0 Å². The molecule has 0 saturated heterocycles. The van der Waals surface area contributed by atoms with E-state index in [2.05, 4.69) is 26.9 Å². The summed E-state index contributed by atoms with van der Waals surface area (Å²) in [5.74, 6) is 0.820. The number of thiocarbonyl (C=S) groups is 1. The molecule has 9 heavy (non-hydrogen) atoms. The summed E-state index contributed by atoms with van der Waals surface area (Å²) in [6.07, 6.45) is 0.640. The lowest BCUT2D eigenvalue weighted by Gasteiger charge is -1.77. The first-order valence-corrected chi connectivity index (χ1v) is 3.65. The van der Waals surface area contributed by atoms with Crippen LogP contribution >= 0.6 is 23.8 Å². The third-order valence-electron chi connectivity index (χ3n) is 0.793. The molecule has 1 rings (SSSR count). The Morgan fingerprint density at radius 3 is 3.00 bits per heavy atom. The van der Waals surface area contributed by atoms with Crippen molar-refractivity contribution in [3.05, 3.63) is 10.8 Å². The number of hydrogen-bond donors (Lipinski definition) is 0. The van der Waals surface area contributed by atoms with Crippen LogP contribution in [0.25, 0.3) is 0 Å². The second-order valence-electron chi connectivity index (χ2n) is 1.56. The van der Waals surface area contributed by atoms with Crippen LogP contribution in [0.3, 0.4) is 0 Å². The maximum Gasteiger partial charge on any atom is 0.139 e. The number of aryl methyl sites for hydroxylation is 1. The Hall–Kier alpha value is -0.350. The van der Waals surface area contributed by atoms with Gasteiger partial charge in [0.2, 0.25) is 0 Å². The fourth-order valence-electron chi connectivity index (χ4n) is 0.474. The first kappa shape index (κ1) is 6.77. The van der Waals surface area contributed by atoms with Crippen LogP contribution in [0.15, 0.2) is 0 Å². The van der Waals surface area contributed by atoms with E-state index in [1.54, 1.807) is 0 Å². The van der Waals surface area contributed by atoms with Gasteiger partial charge >= 0.3 is 0 Å². The number of hydrogen-bond acceptors (Lipinski definition) is 4. The quantitative estimate of drug-likeness (QED) is 0.604. The minimum atomic E-state index is 0.640. The Morgan fingerprint density at radius 2 is 2.56 bits per heavy atom. The van der Waals surface area contributed by atoms with Crippen molar-refractivity contribution in [1.29, 1.82) is 0 Å². The fraction of sp³-hybridized carbons (Fsp3) is 0.400. The molecule has 2 nitrogen and oxygen atoms in total. The summed E-state index contributed by atoms with van der Waals surface area (Å²) in [6.45, 7) is 1.86. The van der Waals surface area contributed by atoms with Crippen molar-refractivity contribution in [2.45, 2.75) is 13.3 Å². The molecule has 0 amide bonds. The molecule has 0 bridgehead atoms. The van der Waals surface area contributed by atoms with Crippen LogP contribution in [-0.2, 0) is 6.42 Å². The molecule has 0 fully saturated rings. The molecule has 0 unspecified atom stereocenters. The summed E-state index contributed by atoms with van der Waals surface area (Å²) in [7, 11) is 0. The zero-order valence-electron chi connectivity index (χ0n) is 4.92. The summed E-state index contributed by atoms with van der Waals surface area (Å²) < 4.78 is 3.98. The van der Waals surface area contributed by atoms with E-state index in [1.165, 1.54) is 11.5 Å². The van der Waals surface area contributed by atoms with Crippen LogP contribution in [0, 0.1) is 6.92 Å². The highest BCUT2D eigenvalue weighted by atomic mass is 32.1. The van der Waals surface area contributed by atoms with Gasteiger partial charge < -0.3 is 0 Å². The Kier molecular flexibility index (Phi) is 2.24. The second kappa shape index (κ2) is 2.98. The molecule has 1 radical (unpaired) electrons. The maximum atomic E-state index is 4.53. The lowest BCUT2D eigenvalue weighted by atomic mass is 10.5. The molecule has 0 saturated carbocycles. The summed E-state index contributed by atoms with van der Waals surface area (Å²) in [5.41, 5.74) is 0. The van der Waals surface area contributed by atoms with E-state index >= 15 is 0 Å². The van der Waals surface area contributed by atoms with E-state index in [9.17, 15) is 0 Å². The largest absolute Gasteiger partial charge is 0.224 e. The average molecular weight is 157 g/mol. The molecule has 47 valence electrons. The van der Waals surface area contributed by atoms with Gasteiger partial charge in [0.15, 0.2) is 0 Å². The molecule has 1 heterocycles. The molecule has 0 aliphatic heterocycles. The normalized spacial score (nSPS) is 9.44. The number of rotatable bonds is 2. The van der Waals surface area contributed by atoms with Crippen molar-refractivity contribution in [2.24, 2.45) is 0 Å². The maximum absolute atomic E-state index is 4.53. The first-order valence-electron chi connectivity index (χ1n) is 2.47. The van der Waals surface area contributed by atoms with Gasteiger partial charge in [-0.2, -0.15) is 4.37 Å². The zero-order valence-corrected chi connectivity index (χ0v) is 6.55. The first-order chi connectivity index (χ1) is 4.33. The predicted octanol–water partition coefficient (Wildman–Crippen LogP) is 1.27. The van der Waals surface area contributed by atoms with Crippen LogP contribution in [0.4, 0.5) is 0 Å². The van der Waals surface area contributed by atoms with Crippen molar-refractivity contribution in [1.82, 2.24) is 9.36 Å². The second-order valence-corrected chi connectivity index (χ2v) is 2.68. The van der Waals surface area contributed by atoms with Crippen molar-refractivity contribution in [3.63, 3.8) is 0 Å². The smallest absolute Gasteiger partial charge is 0.139 e. The molecule has 0 aliphatic carbocycles. The highest BCUT2D eigenvalue weighted by Gasteiger charge is 1.95. The SMILES string of the molecule is Cc1nsc(C[C]=S)n1. The van der Waals surface area contributed by atoms with E-state index in [0.29, 0.717) is 6.42 Å². The molecule has 0 N–H and O–H groups in total. The monoisotopic (exact) mass is 157 g/mol. The van der Waals surface area contributed by atoms with E-state index in [-0.39, 0.29) is 0 Å². The van der Waals surface area contributed by atoms with Crippen molar-refractivity contribution in [2.75, 3.05) is 0 Å². The topological polar surface area (TPSA) is 25.8 Å². The van der Waals surface area contributed by atoms with Crippen molar-refractivity contribution in [3.8, 4) is 0 Å². The van der Waals surface area contributed by atoms with Crippen molar-refractivity contribution < 1.29 is 0 Å². The van der Waals surface area contributed by atoms with Gasteiger partial charge in [-0.15, -0.1) is 0 Å². The molecule has 1 aromatic rings. The average Bonchev–Trinajstić information content (AvgIpc) is 2.17. The molecule has 0 spiro atoms. The molecular formula is C5H5N2S2. The molecule has 4 heteroatoms. The minimum Gasteiger partial charge on any atom is -0.224 e. The van der Waals surface area contributed by atoms with Crippen molar-refractivity contribution >= 4 is 29.1 Å². The summed E-state index contributed by atoms with van der Waals surface area (Å²) >= 11 is 5.92. The third-order valence-corrected chi connectivity index (χ3v) is 1.74. The van der Waals surface area contributed by atoms with Gasteiger partial charge in [-0.25, -0.2) is 4.98 Å². The van der Waals surface area contributed by atoms with Gasteiger partial charge in [-0.05, 0) is 18.5 Å². The Bertz CT molecular complexity index is 206. The van der Waals surface area contributed by atoms with E-state index in [1.807, 2.05) is 6.92 Å². The van der Waals surface area contributed by atoms with Crippen LogP contribution in [0.2, 0.25) is 0 Å². The number of nitrogens with zero attached hydrogens (tertiary/aromatic N) is 2. The number of aromatic nitrogens is 2. The van der Waals surface area contributed by atoms with E-state index in [4.69, 9.17) is 0 Å². The lowest BCUT2D eigenvalue weighted by Crippen LogP contribution is -1.81. The van der Waals surface area contributed by atoms with Gasteiger partial charge in [0.1, 0.15) is 10.8 Å². The molecule has 0 atom stereocenters. The standard InChI is InChI=1S/C5H5N2S2/c1-4-6-5(2-3-8)9-7-4/h2H2,1H3. The summed E-state index contributed by atoms with van der Waals surface area (Å²) in [6, 6.07) is 0. The summed E-state index contributed by atoms with van der Waals surface area (Å²) in [5, 5.41) is 3.54. The molecular weight excluding hydrogens is 152 g/mol. The summed E-state index contributed by atoms with van der Waals surface area (Å²) in [4.78, 5) is 4.08. The predicted molar refractivity (Wildman–Crippen MR) is 40.9 cm³/mol. The molecule has 0 aliphatic rings. The third kappa shape index (κ3) is 1.80. The van der Waals surface area contributed by atoms with Crippen LogP contribution in [0.1, 0.15) is 10.8 Å².